The van der Waals surface area contributed by atoms with E-state index in [2.05, 4.69) is 20.5 Å². The number of rotatable bonds is 11. The Morgan fingerprint density at radius 3 is 2.38 bits per heavy atom. The van der Waals surface area contributed by atoms with Crippen molar-refractivity contribution in [1.29, 1.82) is 0 Å². The van der Waals surface area contributed by atoms with Gasteiger partial charge in [0.25, 0.3) is 5.88 Å². The molecule has 0 unspecified atom stereocenters. The number of methoxy groups -OCH3 is 1. The van der Waals surface area contributed by atoms with Crippen LogP contribution in [0.25, 0.3) is 11.1 Å². The zero-order valence-corrected chi connectivity index (χ0v) is 23.4. The number of carbonyl (C=O) groups excluding carboxylic acids is 1. The second-order valence-corrected chi connectivity index (χ2v) is 9.92. The van der Waals surface area contributed by atoms with Crippen molar-refractivity contribution >= 4 is 11.7 Å². The van der Waals surface area contributed by atoms with E-state index in [0.29, 0.717) is 23.5 Å². The fourth-order valence-corrected chi connectivity index (χ4v) is 3.92. The summed E-state index contributed by atoms with van der Waals surface area (Å²) >= 11 is 0. The number of H-pyrrole nitrogens is 1. The first-order valence-electron chi connectivity index (χ1n) is 13.0. The number of amides is 1. The van der Waals surface area contributed by atoms with Crippen molar-refractivity contribution < 1.29 is 36.6 Å². The molecule has 2 aromatic heterocycles. The third-order valence-electron chi connectivity index (χ3n) is 6.62. The number of nitrogens with one attached hydrogen (secondary N) is 2. The summed E-state index contributed by atoms with van der Waals surface area (Å²) in [6.45, 7) is 4.43. The first kappa shape index (κ1) is 30.4. The number of aromatic nitrogens is 3. The number of aromatic amines is 1. The van der Waals surface area contributed by atoms with Crippen molar-refractivity contribution in [2.75, 3.05) is 19.0 Å². The summed E-state index contributed by atoms with van der Waals surface area (Å²) in [7, 11) is 1.59. The number of alkyl halides is 3. The number of ether oxygens (including phenoxy) is 3. The van der Waals surface area contributed by atoms with Gasteiger partial charge in [0.15, 0.2) is 11.6 Å². The maximum absolute atomic E-state index is 15.0. The van der Waals surface area contributed by atoms with Crippen LogP contribution in [0.3, 0.4) is 0 Å². The Morgan fingerprint density at radius 1 is 1.00 bits per heavy atom. The number of hydrogen-bond acceptors (Lipinski definition) is 6. The van der Waals surface area contributed by atoms with Crippen molar-refractivity contribution in [3.05, 3.63) is 83.4 Å². The van der Waals surface area contributed by atoms with E-state index in [4.69, 9.17) is 14.2 Å². The number of pyridine rings is 1. The van der Waals surface area contributed by atoms with Gasteiger partial charge in [0.1, 0.15) is 23.6 Å². The minimum atomic E-state index is -4.52. The molecule has 0 fully saturated rings. The lowest BCUT2D eigenvalue weighted by Gasteiger charge is -2.25. The topological polar surface area (TPSA) is 98.4 Å². The summed E-state index contributed by atoms with van der Waals surface area (Å²) < 4.78 is 71.6. The van der Waals surface area contributed by atoms with E-state index in [9.17, 15) is 18.0 Å². The number of benzene rings is 2. The normalized spacial score (nSPS) is 11.7. The number of hydrogen-bond donors (Lipinski definition) is 2. The molecule has 1 amide bonds. The summed E-state index contributed by atoms with van der Waals surface area (Å²) in [5.41, 5.74) is -0.329. The molecule has 0 saturated heterocycles. The average Bonchev–Trinajstić information content (AvgIpc) is 3.42. The van der Waals surface area contributed by atoms with E-state index in [1.165, 1.54) is 18.3 Å². The van der Waals surface area contributed by atoms with Crippen molar-refractivity contribution in [3.8, 4) is 28.5 Å². The molecular weight excluding hydrogens is 556 g/mol. The van der Waals surface area contributed by atoms with Gasteiger partial charge in [-0.1, -0.05) is 24.3 Å². The molecule has 0 spiro atoms. The SMILES string of the molecule is CCOc1cc(-c2ccc(CC(=O)Nc3cc(C(C)(C)C(F)(F)F)[nH]n3)c(F)c2)cnc1OCc1ccc(OC)cc1. The van der Waals surface area contributed by atoms with E-state index in [1.54, 1.807) is 19.2 Å². The van der Waals surface area contributed by atoms with Gasteiger partial charge in [-0.05, 0) is 61.7 Å². The summed E-state index contributed by atoms with van der Waals surface area (Å²) in [5.74, 6) is 0.0397. The Bertz CT molecular complexity index is 1540. The average molecular weight is 587 g/mol. The highest BCUT2D eigenvalue weighted by molar-refractivity contribution is 5.91. The molecule has 0 aliphatic carbocycles. The van der Waals surface area contributed by atoms with Crippen LogP contribution in [0.5, 0.6) is 17.4 Å². The fourth-order valence-electron chi connectivity index (χ4n) is 3.92. The first-order valence-corrected chi connectivity index (χ1v) is 13.0. The predicted molar refractivity (Wildman–Crippen MR) is 148 cm³/mol. The molecule has 222 valence electrons. The Morgan fingerprint density at radius 2 is 1.74 bits per heavy atom. The summed E-state index contributed by atoms with van der Waals surface area (Å²) in [6, 6.07) is 14.6. The molecule has 2 N–H and O–H groups in total. The lowest BCUT2D eigenvalue weighted by Crippen LogP contribution is -2.36. The van der Waals surface area contributed by atoms with Crippen LogP contribution in [0.1, 0.15) is 37.6 Å². The van der Waals surface area contributed by atoms with Gasteiger partial charge in [-0.3, -0.25) is 9.89 Å². The van der Waals surface area contributed by atoms with Gasteiger partial charge in [-0.15, -0.1) is 0 Å². The molecule has 2 aromatic carbocycles. The zero-order valence-electron chi connectivity index (χ0n) is 23.4. The highest BCUT2D eigenvalue weighted by atomic mass is 19.4. The Hall–Kier alpha value is -4.61. The van der Waals surface area contributed by atoms with Crippen LogP contribution >= 0.6 is 0 Å². The lowest BCUT2D eigenvalue weighted by atomic mass is 9.89. The monoisotopic (exact) mass is 586 g/mol. The van der Waals surface area contributed by atoms with Crippen LogP contribution in [0.2, 0.25) is 0 Å². The molecule has 0 bridgehead atoms. The number of anilines is 1. The largest absolute Gasteiger partial charge is 0.497 e. The molecule has 0 aliphatic heterocycles. The van der Waals surface area contributed by atoms with E-state index in [1.807, 2.05) is 31.2 Å². The van der Waals surface area contributed by atoms with Crippen molar-refractivity contribution in [1.82, 2.24) is 15.2 Å². The van der Waals surface area contributed by atoms with Crippen LogP contribution in [-0.4, -0.2) is 41.0 Å². The molecule has 8 nitrogen and oxygen atoms in total. The minimum absolute atomic E-state index is 0.0896. The van der Waals surface area contributed by atoms with Crippen LogP contribution in [0, 0.1) is 5.82 Å². The van der Waals surface area contributed by atoms with Crippen LogP contribution in [0.4, 0.5) is 23.4 Å². The molecule has 4 rings (SSSR count). The smallest absolute Gasteiger partial charge is 0.399 e. The lowest BCUT2D eigenvalue weighted by molar-refractivity contribution is -0.181. The Balaban J connectivity index is 1.43. The van der Waals surface area contributed by atoms with Gasteiger partial charge in [0, 0.05) is 17.8 Å². The Kier molecular flexibility index (Phi) is 9.03. The third-order valence-corrected chi connectivity index (χ3v) is 6.62. The summed E-state index contributed by atoms with van der Waals surface area (Å²) in [4.78, 5) is 16.9. The quantitative estimate of drug-likeness (QED) is 0.192. The molecule has 0 aliphatic rings. The van der Waals surface area contributed by atoms with E-state index in [-0.39, 0.29) is 36.0 Å². The second kappa shape index (κ2) is 12.5. The first-order chi connectivity index (χ1) is 19.9. The van der Waals surface area contributed by atoms with E-state index >= 15 is 4.39 Å². The highest BCUT2D eigenvalue weighted by Crippen LogP contribution is 2.40. The highest BCUT2D eigenvalue weighted by Gasteiger charge is 2.49. The number of nitrogens with zero attached hydrogens (tertiary/aromatic N) is 2. The fraction of sp³-hybridized carbons (Fsp3) is 0.300. The standard InChI is InChI=1S/C30H30F4N4O4/c1-5-41-24-13-21(16-35-28(24)42-17-18-6-10-22(40-4)11-7-18)19-8-9-20(23(31)12-19)14-27(39)36-26-15-25(37-38-26)29(2,3)30(32,33)34/h6-13,15-16H,5,14,17H2,1-4H3,(H2,36,37,38,39). The van der Waals surface area contributed by atoms with Gasteiger partial charge in [0.2, 0.25) is 5.91 Å². The molecule has 42 heavy (non-hydrogen) atoms. The van der Waals surface area contributed by atoms with Gasteiger partial charge >= 0.3 is 6.18 Å². The molecule has 12 heteroatoms. The van der Waals surface area contributed by atoms with Gasteiger partial charge in [-0.2, -0.15) is 18.3 Å². The van der Waals surface area contributed by atoms with Gasteiger partial charge < -0.3 is 19.5 Å². The third kappa shape index (κ3) is 6.99. The van der Waals surface area contributed by atoms with E-state index < -0.39 is 23.3 Å². The second-order valence-electron chi connectivity index (χ2n) is 9.92. The van der Waals surface area contributed by atoms with Gasteiger partial charge in [-0.25, -0.2) is 9.37 Å². The number of halogens is 4. The molecule has 4 aromatic rings. The molecular formula is C30H30F4N4O4. The maximum atomic E-state index is 15.0. The molecule has 2 heterocycles. The summed E-state index contributed by atoms with van der Waals surface area (Å²) in [6.07, 6.45) is -3.34. The predicted octanol–water partition coefficient (Wildman–Crippen LogP) is 6.62. The zero-order chi connectivity index (χ0) is 30.5. The maximum Gasteiger partial charge on any atom is 0.399 e. The minimum Gasteiger partial charge on any atom is -0.497 e. The molecule has 0 atom stereocenters. The number of carbonyl (C=O) groups is 1. The summed E-state index contributed by atoms with van der Waals surface area (Å²) in [5, 5.41) is 8.45. The molecule has 0 saturated carbocycles. The van der Waals surface area contributed by atoms with Gasteiger partial charge in [0.05, 0.1) is 25.8 Å². The Labute approximate surface area is 240 Å². The van der Waals surface area contributed by atoms with Crippen molar-refractivity contribution in [3.63, 3.8) is 0 Å². The van der Waals surface area contributed by atoms with Crippen LogP contribution in [0.15, 0.2) is 60.8 Å². The van der Waals surface area contributed by atoms with Crippen molar-refractivity contribution in [2.24, 2.45) is 0 Å². The molecule has 0 radical (unpaired) electrons. The van der Waals surface area contributed by atoms with E-state index in [0.717, 1.165) is 31.2 Å². The van der Waals surface area contributed by atoms with Crippen LogP contribution < -0.4 is 19.5 Å². The van der Waals surface area contributed by atoms with Crippen LogP contribution in [-0.2, 0) is 23.2 Å². The van der Waals surface area contributed by atoms with Crippen molar-refractivity contribution in [2.45, 2.75) is 45.4 Å².